The Kier molecular flexibility index (Phi) is 35.7. The Morgan fingerprint density at radius 3 is 1.16 bits per heavy atom. The molecule has 0 spiro atoms. The van der Waals surface area contributed by atoms with Gasteiger partial charge in [-0.15, -0.1) is 11.3 Å². The smallest absolute Gasteiger partial charge is 0.344 e. The van der Waals surface area contributed by atoms with Gasteiger partial charge >= 0.3 is 29.8 Å². The SMILES string of the molecule is Cc1cc(C)nc(SCc2cc(=O)c(OC(=O)c3ccc(-c4nccs4)cc3)co2)n1.Cc1ccnc(S(=O)(=O)Cc2cc(=O)c(OC(=O)c3ccc(Cl)c([N+](=O)[O-])c3)co2)n1.O=C(Oc1coc(CN2CCCCC2)cc1=O)c1ccc([N+](=O)[O-])cc1.O=C(Oc1coc(CN2CCCCC2)cc1=O)c1ccc([N+](=O)[O-])cc1.O=C(Oc1coc(CN2CCCCC2)cc1=O)c1ccccc1. The second-order valence-electron chi connectivity index (χ2n) is 30.6. The number of likely N-dealkylation sites (tertiary alicyclic amines) is 3. The molecule has 3 aliphatic heterocycles. The summed E-state index contributed by atoms with van der Waals surface area (Å²) in [6.07, 6.45) is 19.0. The van der Waals surface area contributed by atoms with Gasteiger partial charge in [0.2, 0.25) is 70.9 Å². The van der Waals surface area contributed by atoms with Gasteiger partial charge in [-0.25, -0.2) is 57.3 Å². The predicted octanol–water partition coefficient (Wildman–Crippen LogP) is 15.5. The number of nitro benzene ring substituents is 3. The number of nitrogens with zero attached hydrogens (tertiary/aromatic N) is 11. The summed E-state index contributed by atoms with van der Waals surface area (Å²) in [5.74, 6) is -3.50. The van der Waals surface area contributed by atoms with E-state index in [2.05, 4.69) is 39.6 Å². The summed E-state index contributed by atoms with van der Waals surface area (Å²) in [5, 5.41) is 34.9. The van der Waals surface area contributed by atoms with E-state index < -0.39 is 98.5 Å². The fraction of sp³-hybridized carbons (Fsp3) is 0.245. The molecular formula is C94H84ClN11O28S3. The van der Waals surface area contributed by atoms with Crippen molar-refractivity contribution in [1.82, 2.24) is 39.6 Å². The number of ether oxygens (including phenoxy) is 5. The Morgan fingerprint density at radius 2 is 0.781 bits per heavy atom. The number of hydrogen-bond acceptors (Lipinski definition) is 38. The molecule has 0 bridgehead atoms. The molecule has 13 aromatic rings. The lowest BCUT2D eigenvalue weighted by molar-refractivity contribution is -0.385. The number of carbonyl (C=O) groups is 5. The third-order valence-corrected chi connectivity index (χ3v) is 23.7. The summed E-state index contributed by atoms with van der Waals surface area (Å²) < 4.78 is 77.0. The third-order valence-electron chi connectivity index (χ3n) is 20.3. The first-order valence-electron chi connectivity index (χ1n) is 42.1. The predicted molar refractivity (Wildman–Crippen MR) is 494 cm³/mol. The molecule has 8 aromatic heterocycles. The number of thiazole rings is 1. The molecule has 0 N–H and O–H groups in total. The quantitative estimate of drug-likeness (QED) is 0.0160. The Hall–Kier alpha value is -15.3. The van der Waals surface area contributed by atoms with Crippen LogP contribution in [-0.2, 0) is 41.0 Å². The maximum Gasteiger partial charge on any atom is 0.344 e. The summed E-state index contributed by atoms with van der Waals surface area (Å²) in [6, 6.07) is 38.1. The van der Waals surface area contributed by atoms with E-state index in [0.29, 0.717) is 70.4 Å². The summed E-state index contributed by atoms with van der Waals surface area (Å²) in [6.45, 7) is 13.0. The van der Waals surface area contributed by atoms with Crippen molar-refractivity contribution >= 4 is 91.4 Å². The first-order chi connectivity index (χ1) is 65.8. The number of thioether (sulfide) groups is 1. The highest BCUT2D eigenvalue weighted by Crippen LogP contribution is 2.29. The fourth-order valence-corrected chi connectivity index (χ4v) is 16.2. The van der Waals surface area contributed by atoms with Crippen molar-refractivity contribution in [3.63, 3.8) is 0 Å². The highest BCUT2D eigenvalue weighted by atomic mass is 35.5. The minimum absolute atomic E-state index is 0.0822. The summed E-state index contributed by atoms with van der Waals surface area (Å²) in [4.78, 5) is 179. The van der Waals surface area contributed by atoms with E-state index in [1.807, 2.05) is 25.3 Å². The average Bonchev–Trinajstić information content (AvgIpc) is 1.51. The van der Waals surface area contributed by atoms with Crippen LogP contribution in [-0.4, -0.2) is 132 Å². The monoisotopic (exact) mass is 1950 g/mol. The number of benzene rings is 5. The Labute approximate surface area is 791 Å². The molecule has 3 fully saturated rings. The molecule has 0 aliphatic carbocycles. The van der Waals surface area contributed by atoms with Crippen LogP contribution in [0.15, 0.2) is 269 Å². The first-order valence-corrected chi connectivity index (χ1v) is 46.0. The largest absolute Gasteiger partial charge is 0.464 e. The van der Waals surface area contributed by atoms with E-state index in [1.54, 1.807) is 67.7 Å². The van der Waals surface area contributed by atoms with Crippen molar-refractivity contribution in [2.24, 2.45) is 0 Å². The lowest BCUT2D eigenvalue weighted by Gasteiger charge is -2.25. The molecule has 11 heterocycles. The zero-order chi connectivity index (χ0) is 97.7. The van der Waals surface area contributed by atoms with Crippen LogP contribution in [0.5, 0.6) is 28.7 Å². The number of halogens is 1. The van der Waals surface area contributed by atoms with Gasteiger partial charge in [0.25, 0.3) is 17.1 Å². The maximum atomic E-state index is 12.4. The molecule has 43 heteroatoms. The van der Waals surface area contributed by atoms with Gasteiger partial charge in [-0.3, -0.25) is 69.0 Å². The van der Waals surface area contributed by atoms with Gasteiger partial charge in [-0.05, 0) is 171 Å². The molecule has 0 amide bonds. The molecule has 3 aliphatic rings. The number of sulfone groups is 1. The zero-order valence-electron chi connectivity index (χ0n) is 73.3. The molecule has 0 atom stereocenters. The Balaban J connectivity index is 0.000000154. The lowest BCUT2D eigenvalue weighted by atomic mass is 10.1. The molecule has 708 valence electrons. The minimum Gasteiger partial charge on any atom is -0.464 e. The number of nitro groups is 3. The van der Waals surface area contributed by atoms with Crippen molar-refractivity contribution in [3.05, 3.63) is 373 Å². The zero-order valence-corrected chi connectivity index (χ0v) is 76.5. The van der Waals surface area contributed by atoms with Crippen molar-refractivity contribution in [2.45, 2.75) is 120 Å². The van der Waals surface area contributed by atoms with Gasteiger partial charge in [0.1, 0.15) is 75.9 Å². The topological polar surface area (TPSA) is 520 Å². The lowest BCUT2D eigenvalue weighted by Crippen LogP contribution is -2.29. The van der Waals surface area contributed by atoms with Gasteiger partial charge < -0.3 is 45.8 Å². The first kappa shape index (κ1) is 101. The van der Waals surface area contributed by atoms with Crippen LogP contribution in [0.1, 0.15) is 155 Å². The second kappa shape index (κ2) is 48.5. The van der Waals surface area contributed by atoms with E-state index in [-0.39, 0.29) is 67.3 Å². The van der Waals surface area contributed by atoms with E-state index in [0.717, 1.165) is 130 Å². The number of rotatable bonds is 26. The average molecular weight is 1950 g/mol. The molecule has 137 heavy (non-hydrogen) atoms. The van der Waals surface area contributed by atoms with Crippen LogP contribution in [0.3, 0.4) is 0 Å². The molecular weight excluding hydrogens is 1860 g/mol. The van der Waals surface area contributed by atoms with Crippen LogP contribution in [0, 0.1) is 51.1 Å². The molecule has 0 saturated carbocycles. The number of carbonyl (C=O) groups excluding carboxylic acids is 5. The van der Waals surface area contributed by atoms with Crippen LogP contribution in [0.2, 0.25) is 5.02 Å². The highest BCUT2D eigenvalue weighted by Gasteiger charge is 2.27. The van der Waals surface area contributed by atoms with Gasteiger partial charge in [-0.2, -0.15) is 0 Å². The third kappa shape index (κ3) is 30.1. The minimum atomic E-state index is -3.99. The number of esters is 5. The van der Waals surface area contributed by atoms with Crippen molar-refractivity contribution < 1.29 is 92.9 Å². The Morgan fingerprint density at radius 1 is 0.416 bits per heavy atom. The standard InChI is InChI=1S/C22H17N3O4S2.C18H12ClN3O8S.2C18H18N2O6.C18H19NO4/c1-13-9-14(2)25-22(24-13)31-12-17-10-18(26)19(11-28-17)29-21(27)16-5-3-15(4-6-16)20-23-7-8-30-20;1-10-4-5-20-18(21-10)31(27,28)9-12-7-15(23)16(8-29-12)30-17(24)11-2-3-13(19)14(6-11)22(25)26;2*21-16-10-15(11-19-8-2-1-3-9-19)25-12-17(16)26-18(22)13-4-6-14(7-5-13)20(23)24;20-16-11-15(12-19-9-5-2-6-10-19)22-13-17(16)23-18(21)14-7-3-1-4-8-14/h3-11H,12H2,1-2H3;2-8H,9H2,1H3;2*4-7,10,12H,1-3,8-9,11H2;1,3-4,7-8,11,13H,2,5-6,9-10,12H2. The second-order valence-corrected chi connectivity index (χ2v) is 34.7. The number of aromatic nitrogens is 5. The molecule has 39 nitrogen and oxygen atoms in total. The van der Waals surface area contributed by atoms with Gasteiger partial charge in [0.15, 0.2) is 5.16 Å². The highest BCUT2D eigenvalue weighted by molar-refractivity contribution is 7.98. The number of non-ortho nitro benzene ring substituents is 2. The molecule has 3 saturated heterocycles. The van der Waals surface area contributed by atoms with Crippen molar-refractivity contribution in [3.8, 4) is 39.3 Å². The fourth-order valence-electron chi connectivity index (χ4n) is 13.4. The van der Waals surface area contributed by atoms with E-state index >= 15 is 0 Å². The number of piperidine rings is 3. The number of aryl methyl sites for hydroxylation is 3. The van der Waals surface area contributed by atoms with Gasteiger partial charge in [0, 0.05) is 101 Å². The van der Waals surface area contributed by atoms with E-state index in [1.165, 1.54) is 153 Å². The normalized spacial score (nSPS) is 13.1. The summed E-state index contributed by atoms with van der Waals surface area (Å²) >= 11 is 8.56. The Bertz CT molecular complexity index is 6780. The summed E-state index contributed by atoms with van der Waals surface area (Å²) in [5.41, 5.74) is 0.513. The van der Waals surface area contributed by atoms with Crippen LogP contribution in [0.4, 0.5) is 17.1 Å². The molecule has 0 unspecified atom stereocenters. The maximum absolute atomic E-state index is 12.4. The molecule has 16 rings (SSSR count). The van der Waals surface area contributed by atoms with Gasteiger partial charge in [0.05, 0.1) is 68.0 Å². The van der Waals surface area contributed by atoms with Crippen LogP contribution < -0.4 is 50.8 Å². The van der Waals surface area contributed by atoms with Crippen LogP contribution in [0.25, 0.3) is 10.6 Å². The van der Waals surface area contributed by atoms with E-state index in [4.69, 9.17) is 57.4 Å². The van der Waals surface area contributed by atoms with E-state index in [9.17, 15) is 86.7 Å². The van der Waals surface area contributed by atoms with Crippen molar-refractivity contribution in [2.75, 3.05) is 39.3 Å². The van der Waals surface area contributed by atoms with Crippen LogP contribution >= 0.6 is 34.7 Å². The summed E-state index contributed by atoms with van der Waals surface area (Å²) in [7, 11) is -3.99. The molecule has 5 aromatic carbocycles. The number of hydrogen-bond donors (Lipinski definition) is 0. The van der Waals surface area contributed by atoms with Crippen molar-refractivity contribution in [1.29, 1.82) is 0 Å². The molecule has 0 radical (unpaired) electrons. The van der Waals surface area contributed by atoms with Gasteiger partial charge in [-0.1, -0.05) is 73.0 Å².